The molecule has 0 bridgehead atoms. The first-order valence-corrected chi connectivity index (χ1v) is 4.68. The highest BCUT2D eigenvalue weighted by atomic mass is 32.2. The average molecular weight is 205 g/mol. The molecule has 0 unspecified atom stereocenters. The van der Waals surface area contributed by atoms with Crippen molar-refractivity contribution in [1.82, 2.24) is 0 Å². The topological polar surface area (TPSA) is 114 Å². The van der Waals surface area contributed by atoms with Gasteiger partial charge >= 0.3 is 0 Å². The lowest BCUT2D eigenvalue weighted by molar-refractivity contribution is -0.407. The number of nitrogens with two attached hydrogens (primary N) is 1. The Labute approximate surface area is 74.3 Å². The molecule has 0 saturated heterocycles. The fraction of sp³-hybridized carbons (Fsp3) is 0. The predicted octanol–water partition coefficient (Wildman–Crippen LogP) is -1.25. The fourth-order valence-electron chi connectivity index (χ4n) is 0.780. The summed E-state index contributed by atoms with van der Waals surface area (Å²) >= 11 is 0. The number of hydrogen-bond donors (Lipinski definition) is 3. The maximum absolute atomic E-state index is 10.2. The van der Waals surface area contributed by atoms with Gasteiger partial charge in [0.2, 0.25) is 0 Å². The Kier molecular flexibility index (Phi) is 2.41. The second-order valence-corrected chi connectivity index (χ2v) is 3.58. The molecule has 7 heteroatoms. The maximum atomic E-state index is 10.2. The average Bonchev–Trinajstić information content (AvgIpc) is 1.94. The van der Waals surface area contributed by atoms with Crippen LogP contribution in [0.1, 0.15) is 0 Å². The summed E-state index contributed by atoms with van der Waals surface area (Å²) in [6.07, 6.45) is 0. The first-order valence-electron chi connectivity index (χ1n) is 3.21. The van der Waals surface area contributed by atoms with Crippen LogP contribution in [0.15, 0.2) is 18.2 Å². The van der Waals surface area contributed by atoms with Crippen molar-refractivity contribution in [2.45, 2.75) is 0 Å². The summed E-state index contributed by atoms with van der Waals surface area (Å²) in [6.45, 7) is 0. The Bertz CT molecular complexity index is 413. The van der Waals surface area contributed by atoms with Crippen LogP contribution in [0.4, 0.5) is 5.69 Å². The van der Waals surface area contributed by atoms with Crippen molar-refractivity contribution >= 4 is 16.0 Å². The Hall–Kier alpha value is -1.31. The smallest absolute Gasteiger partial charge is 0.256 e. The Morgan fingerprint density at radius 2 is 1.85 bits per heavy atom. The summed E-state index contributed by atoms with van der Waals surface area (Å²) in [6, 6.07) is 3.27. The third kappa shape index (κ3) is 2.90. The summed E-state index contributed by atoms with van der Waals surface area (Å²) in [5.74, 6) is -0.849. The van der Waals surface area contributed by atoms with Crippen molar-refractivity contribution in [2.75, 3.05) is 0 Å². The molecule has 4 N–H and O–H groups in total. The molecule has 1 aromatic rings. The van der Waals surface area contributed by atoms with E-state index in [-0.39, 0.29) is 11.4 Å². The summed E-state index contributed by atoms with van der Waals surface area (Å²) in [4.78, 5) is 0. The number of benzene rings is 1. The van der Waals surface area contributed by atoms with E-state index in [1.165, 1.54) is 6.07 Å². The van der Waals surface area contributed by atoms with Crippen LogP contribution in [0.5, 0.6) is 11.5 Å². The largest absolute Gasteiger partial charge is 0.701 e. The van der Waals surface area contributed by atoms with E-state index < -0.39 is 16.1 Å². The molecule has 0 radical (unpaired) electrons. The van der Waals surface area contributed by atoms with Gasteiger partial charge in [-0.2, -0.15) is 8.42 Å². The van der Waals surface area contributed by atoms with Crippen molar-refractivity contribution < 1.29 is 27.9 Å². The standard InChI is InChI=1S/C6H7NO5S/c8-5-2-1-4(3-6(5)9)7-13(10,11)12/h1-3,7-9H,(H,10,11,12). The molecule has 0 aliphatic heterocycles. The highest BCUT2D eigenvalue weighted by molar-refractivity contribution is 7.78. The quantitative estimate of drug-likeness (QED) is 0.241. The molecule has 0 heterocycles. The number of aromatic hydroxyl groups is 2. The van der Waals surface area contributed by atoms with Gasteiger partial charge in [0.05, 0.1) is 0 Å². The predicted molar refractivity (Wildman–Crippen MR) is 41.1 cm³/mol. The molecule has 6 nitrogen and oxygen atoms in total. The van der Waals surface area contributed by atoms with Crippen LogP contribution >= 0.6 is 0 Å². The molecular formula is C6H7NO5S. The monoisotopic (exact) mass is 205 g/mol. The van der Waals surface area contributed by atoms with Gasteiger partial charge in [-0.3, -0.25) is 0 Å². The van der Waals surface area contributed by atoms with Gasteiger partial charge in [-0.15, -0.1) is 0 Å². The Morgan fingerprint density at radius 3 is 2.31 bits per heavy atom. The molecule has 13 heavy (non-hydrogen) atoms. The van der Waals surface area contributed by atoms with Gasteiger partial charge in [0.15, 0.2) is 11.5 Å². The molecule has 0 aliphatic rings. The van der Waals surface area contributed by atoms with E-state index in [0.29, 0.717) is 4.72 Å². The first kappa shape index (κ1) is 9.78. The van der Waals surface area contributed by atoms with E-state index in [4.69, 9.17) is 10.2 Å². The molecule has 1 aromatic carbocycles. The van der Waals surface area contributed by atoms with Gasteiger partial charge in [-0.05, 0) is 6.07 Å². The summed E-state index contributed by atoms with van der Waals surface area (Å²) in [5, 5.41) is 17.8. The molecule has 0 fully saturated rings. The number of rotatable bonds is 2. The summed E-state index contributed by atoms with van der Waals surface area (Å²) in [7, 11) is -4.47. The lowest BCUT2D eigenvalue weighted by Gasteiger charge is -2.04. The summed E-state index contributed by atoms with van der Waals surface area (Å²) < 4.78 is 31.2. The van der Waals surface area contributed by atoms with E-state index in [1.807, 2.05) is 0 Å². The third-order valence-electron chi connectivity index (χ3n) is 1.28. The molecule has 0 aliphatic carbocycles. The highest BCUT2D eigenvalue weighted by Crippen LogP contribution is 2.25. The Balaban J connectivity index is 2.99. The van der Waals surface area contributed by atoms with Crippen molar-refractivity contribution in [1.29, 1.82) is 0 Å². The van der Waals surface area contributed by atoms with E-state index in [0.717, 1.165) is 12.1 Å². The van der Waals surface area contributed by atoms with Gasteiger partial charge in [0, 0.05) is 12.1 Å². The Morgan fingerprint density at radius 1 is 1.23 bits per heavy atom. The van der Waals surface area contributed by atoms with E-state index >= 15 is 0 Å². The molecule has 0 saturated carbocycles. The van der Waals surface area contributed by atoms with E-state index in [9.17, 15) is 13.0 Å². The second-order valence-electron chi connectivity index (χ2n) is 2.36. The molecular weight excluding hydrogens is 198 g/mol. The fourth-order valence-corrected chi connectivity index (χ4v) is 1.26. The number of phenolic OH excluding ortho intramolecular Hbond substituents is 2. The molecule has 0 aromatic heterocycles. The van der Waals surface area contributed by atoms with Crippen LogP contribution < -0.4 is 4.72 Å². The SMILES string of the molecule is O=S(=O)([O-])[NH2+]c1ccc(O)c(O)c1. The minimum atomic E-state index is -4.47. The molecule has 72 valence electrons. The number of hydrogen-bond acceptors (Lipinski definition) is 5. The minimum absolute atomic E-state index is 0.0188. The van der Waals surface area contributed by atoms with E-state index in [2.05, 4.69) is 0 Å². The van der Waals surface area contributed by atoms with Crippen LogP contribution in [-0.4, -0.2) is 23.2 Å². The molecule has 0 amide bonds. The third-order valence-corrected chi connectivity index (χ3v) is 1.84. The lowest BCUT2D eigenvalue weighted by atomic mass is 10.3. The van der Waals surface area contributed by atoms with Crippen molar-refractivity contribution in [2.24, 2.45) is 0 Å². The normalized spacial score (nSPS) is 11.5. The zero-order valence-corrected chi connectivity index (χ0v) is 7.15. The lowest BCUT2D eigenvalue weighted by Crippen LogP contribution is -2.81. The van der Waals surface area contributed by atoms with Crippen LogP contribution in [0, 0.1) is 0 Å². The van der Waals surface area contributed by atoms with Crippen LogP contribution in [0.2, 0.25) is 0 Å². The molecule has 0 spiro atoms. The number of phenols is 2. The second kappa shape index (κ2) is 3.21. The van der Waals surface area contributed by atoms with Crippen LogP contribution in [0.3, 0.4) is 0 Å². The molecule has 1 rings (SSSR count). The maximum Gasteiger partial charge on any atom is 0.256 e. The van der Waals surface area contributed by atoms with E-state index in [1.54, 1.807) is 0 Å². The first-order chi connectivity index (χ1) is 5.88. The van der Waals surface area contributed by atoms with Gasteiger partial charge in [-0.25, -0.2) is 4.72 Å². The van der Waals surface area contributed by atoms with Crippen molar-refractivity contribution in [3.63, 3.8) is 0 Å². The minimum Gasteiger partial charge on any atom is -0.701 e. The van der Waals surface area contributed by atoms with Crippen LogP contribution in [-0.2, 0) is 10.3 Å². The van der Waals surface area contributed by atoms with Gasteiger partial charge in [-0.1, -0.05) is 0 Å². The highest BCUT2D eigenvalue weighted by Gasteiger charge is 2.06. The van der Waals surface area contributed by atoms with Crippen molar-refractivity contribution in [3.05, 3.63) is 18.2 Å². The van der Waals surface area contributed by atoms with Crippen molar-refractivity contribution in [3.8, 4) is 11.5 Å². The van der Waals surface area contributed by atoms with Gasteiger partial charge in [0.25, 0.3) is 10.3 Å². The van der Waals surface area contributed by atoms with Crippen LogP contribution in [0.25, 0.3) is 0 Å². The zero-order chi connectivity index (χ0) is 10.1. The zero-order valence-electron chi connectivity index (χ0n) is 6.34. The van der Waals surface area contributed by atoms with Gasteiger partial charge in [0.1, 0.15) is 5.69 Å². The van der Waals surface area contributed by atoms with Gasteiger partial charge < -0.3 is 14.8 Å². The molecule has 0 atom stereocenters. The summed E-state index contributed by atoms with van der Waals surface area (Å²) in [5.41, 5.74) is 0.0188. The number of quaternary nitrogens is 1.